The highest BCUT2D eigenvalue weighted by Crippen LogP contribution is 2.32. The minimum atomic E-state index is -0.398. The normalized spacial score (nSPS) is 25.6. The van der Waals surface area contributed by atoms with Crippen LogP contribution in [0, 0.1) is 5.92 Å². The number of piperidine rings is 1. The summed E-state index contributed by atoms with van der Waals surface area (Å²) in [6.07, 6.45) is 4.57. The van der Waals surface area contributed by atoms with Crippen molar-refractivity contribution < 1.29 is 9.53 Å². The number of carbonyl (C=O) groups is 1. The van der Waals surface area contributed by atoms with Crippen LogP contribution in [0.25, 0.3) is 0 Å². The van der Waals surface area contributed by atoms with E-state index >= 15 is 0 Å². The van der Waals surface area contributed by atoms with Crippen LogP contribution in [0.2, 0.25) is 0 Å². The van der Waals surface area contributed by atoms with Gasteiger partial charge in [-0.1, -0.05) is 0 Å². The summed E-state index contributed by atoms with van der Waals surface area (Å²) in [5.41, 5.74) is -0.398. The number of rotatable bonds is 2. The molecular formula is C17H32N2O2. The first-order valence-corrected chi connectivity index (χ1v) is 8.51. The fraction of sp³-hybridized carbons (Fsp3) is 0.941. The molecule has 1 amide bonds. The fourth-order valence-corrected chi connectivity index (χ4v) is 3.65. The molecule has 0 N–H and O–H groups in total. The molecule has 4 nitrogen and oxygen atoms in total. The third-order valence-electron chi connectivity index (χ3n) is 4.78. The molecule has 122 valence electrons. The summed E-state index contributed by atoms with van der Waals surface area (Å²) >= 11 is 0. The van der Waals surface area contributed by atoms with Crippen LogP contribution in [0.4, 0.5) is 4.79 Å². The van der Waals surface area contributed by atoms with Gasteiger partial charge in [-0.25, -0.2) is 4.79 Å². The zero-order valence-electron chi connectivity index (χ0n) is 14.4. The molecule has 2 aliphatic heterocycles. The predicted molar refractivity (Wildman–Crippen MR) is 85.4 cm³/mol. The van der Waals surface area contributed by atoms with Gasteiger partial charge in [-0.3, -0.25) is 0 Å². The second-order valence-electron chi connectivity index (χ2n) is 7.85. The van der Waals surface area contributed by atoms with Crippen molar-refractivity contribution in [2.75, 3.05) is 19.6 Å². The van der Waals surface area contributed by atoms with Gasteiger partial charge in [0, 0.05) is 18.6 Å². The van der Waals surface area contributed by atoms with Gasteiger partial charge in [0.05, 0.1) is 0 Å². The Bertz CT molecular complexity index is 354. The molecular weight excluding hydrogens is 264 g/mol. The van der Waals surface area contributed by atoms with Crippen molar-refractivity contribution in [2.45, 2.75) is 78.0 Å². The number of nitrogens with zero attached hydrogens (tertiary/aromatic N) is 2. The van der Waals surface area contributed by atoms with E-state index in [4.69, 9.17) is 4.74 Å². The van der Waals surface area contributed by atoms with Gasteiger partial charge in [0.2, 0.25) is 0 Å². The zero-order chi connectivity index (χ0) is 15.6. The average molecular weight is 296 g/mol. The Morgan fingerprint density at radius 3 is 2.24 bits per heavy atom. The zero-order valence-corrected chi connectivity index (χ0v) is 14.4. The van der Waals surface area contributed by atoms with Crippen LogP contribution < -0.4 is 0 Å². The number of ether oxygens (including phenoxy) is 1. The molecule has 2 heterocycles. The highest BCUT2D eigenvalue weighted by atomic mass is 16.6. The Kier molecular flexibility index (Phi) is 5.18. The van der Waals surface area contributed by atoms with E-state index in [0.29, 0.717) is 18.0 Å². The summed E-state index contributed by atoms with van der Waals surface area (Å²) in [7, 11) is 0. The maximum atomic E-state index is 12.4. The second kappa shape index (κ2) is 6.55. The van der Waals surface area contributed by atoms with Crippen molar-refractivity contribution in [3.8, 4) is 0 Å². The molecule has 0 spiro atoms. The maximum Gasteiger partial charge on any atom is 0.410 e. The number of carbonyl (C=O) groups excluding carboxylic acids is 1. The highest BCUT2D eigenvalue weighted by Gasteiger charge is 2.38. The molecule has 0 saturated carbocycles. The lowest BCUT2D eigenvalue weighted by Gasteiger charge is -2.39. The fourth-order valence-electron chi connectivity index (χ4n) is 3.65. The molecule has 2 saturated heterocycles. The van der Waals surface area contributed by atoms with Gasteiger partial charge < -0.3 is 14.5 Å². The first-order valence-electron chi connectivity index (χ1n) is 8.51. The Labute approximate surface area is 129 Å². The second-order valence-corrected chi connectivity index (χ2v) is 7.85. The van der Waals surface area contributed by atoms with Crippen molar-refractivity contribution in [3.63, 3.8) is 0 Å². The van der Waals surface area contributed by atoms with Crippen LogP contribution in [0.3, 0.4) is 0 Å². The topological polar surface area (TPSA) is 32.8 Å². The lowest BCUT2D eigenvalue weighted by atomic mass is 9.87. The smallest absolute Gasteiger partial charge is 0.410 e. The number of likely N-dealkylation sites (tertiary alicyclic amines) is 2. The monoisotopic (exact) mass is 296 g/mol. The largest absolute Gasteiger partial charge is 0.444 e. The quantitative estimate of drug-likeness (QED) is 0.782. The van der Waals surface area contributed by atoms with E-state index in [2.05, 4.69) is 18.7 Å². The molecule has 0 bridgehead atoms. The molecule has 2 fully saturated rings. The molecule has 0 aromatic rings. The molecule has 0 aromatic heterocycles. The maximum absolute atomic E-state index is 12.4. The summed E-state index contributed by atoms with van der Waals surface area (Å²) in [6.45, 7) is 13.6. The van der Waals surface area contributed by atoms with E-state index in [1.807, 2.05) is 25.7 Å². The van der Waals surface area contributed by atoms with Crippen molar-refractivity contribution in [1.29, 1.82) is 0 Å². The minimum Gasteiger partial charge on any atom is -0.444 e. The van der Waals surface area contributed by atoms with Crippen LogP contribution in [0.15, 0.2) is 0 Å². The standard InChI is InChI=1S/C17H32N2O2/c1-13(2)18-11-8-14(9-12-18)15-7-6-10-19(15)16(20)21-17(3,4)5/h13-15H,6-12H2,1-5H3. The summed E-state index contributed by atoms with van der Waals surface area (Å²) in [6, 6.07) is 1.03. The first-order chi connectivity index (χ1) is 9.78. The summed E-state index contributed by atoms with van der Waals surface area (Å²) in [5.74, 6) is 0.648. The van der Waals surface area contributed by atoms with Crippen molar-refractivity contribution in [2.24, 2.45) is 5.92 Å². The van der Waals surface area contributed by atoms with E-state index < -0.39 is 5.60 Å². The Morgan fingerprint density at radius 1 is 1.10 bits per heavy atom. The number of hydrogen-bond donors (Lipinski definition) is 0. The number of hydrogen-bond acceptors (Lipinski definition) is 3. The van der Waals surface area contributed by atoms with Gasteiger partial charge in [-0.05, 0) is 79.3 Å². The van der Waals surface area contributed by atoms with E-state index in [0.717, 1.165) is 19.4 Å². The Hall–Kier alpha value is -0.770. The molecule has 1 atom stereocenters. The van der Waals surface area contributed by atoms with Crippen LogP contribution in [0.5, 0.6) is 0 Å². The van der Waals surface area contributed by atoms with Crippen molar-refractivity contribution in [1.82, 2.24) is 9.80 Å². The van der Waals surface area contributed by atoms with E-state index in [1.54, 1.807) is 0 Å². The number of amides is 1. The first kappa shape index (κ1) is 16.6. The van der Waals surface area contributed by atoms with E-state index in [-0.39, 0.29) is 6.09 Å². The van der Waals surface area contributed by atoms with Gasteiger partial charge in [-0.15, -0.1) is 0 Å². The molecule has 2 rings (SSSR count). The van der Waals surface area contributed by atoms with Crippen LogP contribution in [-0.2, 0) is 4.74 Å². The van der Waals surface area contributed by atoms with E-state index in [1.165, 1.54) is 25.9 Å². The third-order valence-corrected chi connectivity index (χ3v) is 4.78. The molecule has 1 unspecified atom stereocenters. The summed E-state index contributed by atoms with van der Waals surface area (Å²) in [5, 5.41) is 0. The predicted octanol–water partition coefficient (Wildman–Crippen LogP) is 3.51. The molecule has 0 radical (unpaired) electrons. The molecule has 2 aliphatic rings. The summed E-state index contributed by atoms with van der Waals surface area (Å²) in [4.78, 5) is 16.9. The highest BCUT2D eigenvalue weighted by molar-refractivity contribution is 5.69. The van der Waals surface area contributed by atoms with Gasteiger partial charge in [-0.2, -0.15) is 0 Å². The van der Waals surface area contributed by atoms with Gasteiger partial charge in [0.15, 0.2) is 0 Å². The molecule has 0 aromatic carbocycles. The summed E-state index contributed by atoms with van der Waals surface area (Å²) < 4.78 is 5.58. The Morgan fingerprint density at radius 2 is 1.71 bits per heavy atom. The molecule has 4 heteroatoms. The van der Waals surface area contributed by atoms with Gasteiger partial charge in [0.25, 0.3) is 0 Å². The van der Waals surface area contributed by atoms with Gasteiger partial charge >= 0.3 is 6.09 Å². The van der Waals surface area contributed by atoms with Crippen LogP contribution >= 0.6 is 0 Å². The van der Waals surface area contributed by atoms with Crippen molar-refractivity contribution >= 4 is 6.09 Å². The lowest BCUT2D eigenvalue weighted by molar-refractivity contribution is 0.0125. The van der Waals surface area contributed by atoms with E-state index in [9.17, 15) is 4.79 Å². The SMILES string of the molecule is CC(C)N1CCC(C2CCCN2C(=O)OC(C)(C)C)CC1. The van der Waals surface area contributed by atoms with Crippen LogP contribution in [0.1, 0.15) is 60.3 Å². The average Bonchev–Trinajstić information content (AvgIpc) is 2.86. The minimum absolute atomic E-state index is 0.115. The van der Waals surface area contributed by atoms with Gasteiger partial charge in [0.1, 0.15) is 5.60 Å². The van der Waals surface area contributed by atoms with Crippen molar-refractivity contribution in [3.05, 3.63) is 0 Å². The Balaban J connectivity index is 1.92. The third kappa shape index (κ3) is 4.35. The lowest BCUT2D eigenvalue weighted by Crippen LogP contribution is -2.47. The molecule has 21 heavy (non-hydrogen) atoms. The van der Waals surface area contributed by atoms with Crippen LogP contribution in [-0.4, -0.2) is 53.2 Å². The molecule has 0 aliphatic carbocycles.